The van der Waals surface area contributed by atoms with Crippen molar-refractivity contribution in [2.75, 3.05) is 36.5 Å². The molecule has 2 aliphatic rings. The molecule has 0 amide bonds. The average molecular weight is 430 g/mol. The lowest BCUT2D eigenvalue weighted by Gasteiger charge is -2.25. The first-order valence-electron chi connectivity index (χ1n) is 11.5. The van der Waals surface area contributed by atoms with Crippen molar-refractivity contribution < 1.29 is 4.74 Å². The summed E-state index contributed by atoms with van der Waals surface area (Å²) in [4.78, 5) is 16.9. The number of anilines is 2. The molecule has 32 heavy (non-hydrogen) atoms. The molecule has 0 saturated carbocycles. The molecule has 164 valence electrons. The van der Waals surface area contributed by atoms with Crippen molar-refractivity contribution in [3.63, 3.8) is 0 Å². The molecular formula is C24H27N7O. The zero-order valence-electron chi connectivity index (χ0n) is 18.3. The van der Waals surface area contributed by atoms with E-state index in [1.54, 1.807) is 0 Å². The highest BCUT2D eigenvalue weighted by Gasteiger charge is 2.21. The first-order chi connectivity index (χ1) is 15.7. The average Bonchev–Trinajstić information content (AvgIpc) is 3.49. The minimum absolute atomic E-state index is 0.274. The van der Waals surface area contributed by atoms with Crippen molar-refractivity contribution in [1.29, 1.82) is 0 Å². The predicted molar refractivity (Wildman–Crippen MR) is 125 cm³/mol. The van der Waals surface area contributed by atoms with Gasteiger partial charge in [-0.05, 0) is 44.7 Å². The van der Waals surface area contributed by atoms with Gasteiger partial charge in [-0.15, -0.1) is 0 Å². The number of para-hydroxylation sites is 2. The highest BCUT2D eigenvalue weighted by Crippen LogP contribution is 2.28. The number of hydrogen-bond acceptors (Lipinski definition) is 7. The van der Waals surface area contributed by atoms with Gasteiger partial charge in [0.05, 0.1) is 29.4 Å². The van der Waals surface area contributed by atoms with Gasteiger partial charge < -0.3 is 15.0 Å². The fourth-order valence-corrected chi connectivity index (χ4v) is 4.68. The van der Waals surface area contributed by atoms with Gasteiger partial charge in [-0.2, -0.15) is 9.61 Å². The molecule has 2 aliphatic heterocycles. The van der Waals surface area contributed by atoms with Gasteiger partial charge in [0.2, 0.25) is 0 Å². The summed E-state index contributed by atoms with van der Waals surface area (Å²) in [6.45, 7) is 5.64. The first-order valence-corrected chi connectivity index (χ1v) is 11.5. The third-order valence-electron chi connectivity index (χ3n) is 6.34. The van der Waals surface area contributed by atoms with E-state index in [9.17, 15) is 0 Å². The second kappa shape index (κ2) is 8.02. The van der Waals surface area contributed by atoms with Gasteiger partial charge in [0.25, 0.3) is 0 Å². The van der Waals surface area contributed by atoms with Crippen molar-refractivity contribution >= 4 is 28.3 Å². The van der Waals surface area contributed by atoms with Crippen LogP contribution in [0.3, 0.4) is 0 Å². The third-order valence-corrected chi connectivity index (χ3v) is 6.34. The molecule has 1 atom stereocenters. The number of aryl methyl sites for hydroxylation is 1. The van der Waals surface area contributed by atoms with E-state index in [2.05, 4.69) is 16.3 Å². The van der Waals surface area contributed by atoms with Crippen LogP contribution in [0.1, 0.15) is 31.4 Å². The number of nitrogens with zero attached hydrogens (tertiary/aromatic N) is 6. The molecule has 3 aromatic heterocycles. The Bertz CT molecular complexity index is 1270. The maximum Gasteiger partial charge on any atom is 0.160 e. The Hall–Kier alpha value is -3.26. The number of rotatable bonds is 4. The monoisotopic (exact) mass is 429 g/mol. The van der Waals surface area contributed by atoms with Crippen molar-refractivity contribution in [3.8, 4) is 11.4 Å². The van der Waals surface area contributed by atoms with Crippen molar-refractivity contribution in [1.82, 2.24) is 24.6 Å². The largest absolute Gasteiger partial charge is 0.379 e. The highest BCUT2D eigenvalue weighted by atomic mass is 16.5. The molecule has 8 heteroatoms. The molecule has 0 radical (unpaired) electrons. The summed E-state index contributed by atoms with van der Waals surface area (Å²) in [5, 5.41) is 8.58. The van der Waals surface area contributed by atoms with Crippen LogP contribution in [0.5, 0.6) is 0 Å². The number of ether oxygens (including phenoxy) is 1. The smallest absolute Gasteiger partial charge is 0.160 e. The van der Waals surface area contributed by atoms with Gasteiger partial charge in [-0.3, -0.25) is 0 Å². The molecule has 2 fully saturated rings. The zero-order valence-corrected chi connectivity index (χ0v) is 18.3. The Morgan fingerprint density at radius 1 is 1.00 bits per heavy atom. The highest BCUT2D eigenvalue weighted by molar-refractivity contribution is 5.78. The van der Waals surface area contributed by atoms with E-state index in [1.807, 2.05) is 41.8 Å². The number of aromatic nitrogens is 5. The molecular weight excluding hydrogens is 402 g/mol. The summed E-state index contributed by atoms with van der Waals surface area (Å²) in [5.74, 6) is 1.95. The van der Waals surface area contributed by atoms with Crippen molar-refractivity contribution in [2.24, 2.45) is 0 Å². The molecule has 8 nitrogen and oxygen atoms in total. The van der Waals surface area contributed by atoms with Gasteiger partial charge in [0, 0.05) is 31.8 Å². The van der Waals surface area contributed by atoms with Gasteiger partial charge in [0.15, 0.2) is 5.65 Å². The van der Waals surface area contributed by atoms with E-state index >= 15 is 0 Å². The van der Waals surface area contributed by atoms with Crippen LogP contribution >= 0.6 is 0 Å². The summed E-state index contributed by atoms with van der Waals surface area (Å²) in [6, 6.07) is 12.4. The number of hydrogen-bond donors (Lipinski definition) is 1. The fraction of sp³-hybridized carbons (Fsp3) is 0.417. The molecule has 0 aliphatic carbocycles. The molecule has 1 aromatic carbocycles. The maximum atomic E-state index is 5.69. The van der Waals surface area contributed by atoms with Crippen LogP contribution in [0.4, 0.5) is 11.6 Å². The SMILES string of the molecule is Cc1nc2ccccc2nc1-c1cc2nc(N3CCCC3)cc(N[C@@H]3CCCOC3)n2n1. The minimum Gasteiger partial charge on any atom is -0.379 e. The standard InChI is InChI=1S/C24H27N7O/c1-16-24(27-19-9-3-2-8-18(19)25-16)20-13-22-28-21(30-10-4-5-11-30)14-23(31(22)29-20)26-17-7-6-12-32-15-17/h2-3,8-9,13-14,17,26H,4-7,10-12,15H2,1H3/t17-/m1/s1. The fourth-order valence-electron chi connectivity index (χ4n) is 4.68. The van der Waals surface area contributed by atoms with E-state index in [4.69, 9.17) is 24.8 Å². The summed E-state index contributed by atoms with van der Waals surface area (Å²) >= 11 is 0. The second-order valence-electron chi connectivity index (χ2n) is 8.70. The van der Waals surface area contributed by atoms with E-state index < -0.39 is 0 Å². The number of fused-ring (bicyclic) bond motifs is 2. The molecule has 1 N–H and O–H groups in total. The minimum atomic E-state index is 0.274. The molecule has 6 rings (SSSR count). The molecule has 4 aromatic rings. The third kappa shape index (κ3) is 3.54. The van der Waals surface area contributed by atoms with Gasteiger partial charge in [-0.25, -0.2) is 15.0 Å². The first kappa shape index (κ1) is 19.4. The van der Waals surface area contributed by atoms with E-state index in [0.29, 0.717) is 6.61 Å². The van der Waals surface area contributed by atoms with Crippen LogP contribution in [-0.4, -0.2) is 56.9 Å². The Labute approximate surface area is 186 Å². The van der Waals surface area contributed by atoms with E-state index in [0.717, 1.165) is 77.9 Å². The van der Waals surface area contributed by atoms with Crippen LogP contribution in [0.15, 0.2) is 36.4 Å². The summed E-state index contributed by atoms with van der Waals surface area (Å²) in [5.41, 5.74) is 5.03. The van der Waals surface area contributed by atoms with Gasteiger partial charge in [-0.1, -0.05) is 12.1 Å². The summed E-state index contributed by atoms with van der Waals surface area (Å²) in [7, 11) is 0. The number of benzene rings is 1. The Morgan fingerprint density at radius 3 is 2.59 bits per heavy atom. The quantitative estimate of drug-likeness (QED) is 0.528. The zero-order chi connectivity index (χ0) is 21.5. The lowest BCUT2D eigenvalue weighted by atomic mass is 10.1. The molecule has 5 heterocycles. The van der Waals surface area contributed by atoms with Crippen LogP contribution in [0, 0.1) is 6.92 Å². The van der Waals surface area contributed by atoms with Crippen LogP contribution < -0.4 is 10.2 Å². The van der Waals surface area contributed by atoms with E-state index in [-0.39, 0.29) is 6.04 Å². The Balaban J connectivity index is 1.46. The van der Waals surface area contributed by atoms with Crippen molar-refractivity contribution in [3.05, 3.63) is 42.1 Å². The molecule has 0 bridgehead atoms. The Kier molecular flexibility index (Phi) is 4.87. The maximum absolute atomic E-state index is 5.69. The Morgan fingerprint density at radius 2 is 1.81 bits per heavy atom. The summed E-state index contributed by atoms with van der Waals surface area (Å²) < 4.78 is 7.59. The lowest BCUT2D eigenvalue weighted by molar-refractivity contribution is 0.0874. The number of nitrogens with one attached hydrogen (secondary N) is 1. The normalized spacial score (nSPS) is 19.2. The van der Waals surface area contributed by atoms with Crippen molar-refractivity contribution in [2.45, 2.75) is 38.6 Å². The predicted octanol–water partition coefficient (Wildman–Crippen LogP) is 3.84. The van der Waals surface area contributed by atoms with Gasteiger partial charge >= 0.3 is 0 Å². The molecule has 2 saturated heterocycles. The van der Waals surface area contributed by atoms with Gasteiger partial charge in [0.1, 0.15) is 23.0 Å². The van der Waals surface area contributed by atoms with Crippen LogP contribution in [-0.2, 0) is 4.74 Å². The second-order valence-corrected chi connectivity index (χ2v) is 8.70. The van der Waals surface area contributed by atoms with E-state index in [1.165, 1.54) is 12.8 Å². The van der Waals surface area contributed by atoms with Crippen LogP contribution in [0.2, 0.25) is 0 Å². The molecule has 0 spiro atoms. The topological polar surface area (TPSA) is 80.5 Å². The van der Waals surface area contributed by atoms with Crippen LogP contribution in [0.25, 0.3) is 28.1 Å². The lowest BCUT2D eigenvalue weighted by Crippen LogP contribution is -2.31. The molecule has 0 unspecified atom stereocenters. The summed E-state index contributed by atoms with van der Waals surface area (Å²) in [6.07, 6.45) is 4.58.